The first-order valence-electron chi connectivity index (χ1n) is 5.47. The fraction of sp³-hybridized carbons (Fsp3) is 0.600. The second kappa shape index (κ2) is 5.16. The second-order valence-electron chi connectivity index (χ2n) is 4.05. The predicted octanol–water partition coefficient (Wildman–Crippen LogP) is 1.14. The smallest absolute Gasteiger partial charge is 0.239 e. The lowest BCUT2D eigenvalue weighted by Crippen LogP contribution is -2.37. The maximum Gasteiger partial charge on any atom is 0.239 e. The van der Waals surface area contributed by atoms with Crippen molar-refractivity contribution in [2.45, 2.75) is 25.5 Å². The summed E-state index contributed by atoms with van der Waals surface area (Å²) in [6, 6.07) is 0.326. The number of halogens is 1. The molecular weight excluding hydrogens is 286 g/mol. The van der Waals surface area contributed by atoms with Gasteiger partial charge in [0.2, 0.25) is 5.95 Å². The highest BCUT2D eigenvalue weighted by atomic mass is 79.9. The van der Waals surface area contributed by atoms with Crippen LogP contribution in [0.1, 0.15) is 13.3 Å². The minimum atomic E-state index is 0.205. The van der Waals surface area contributed by atoms with Crippen molar-refractivity contribution < 1.29 is 4.74 Å². The van der Waals surface area contributed by atoms with Crippen molar-refractivity contribution in [3.63, 3.8) is 0 Å². The third-order valence-corrected chi connectivity index (χ3v) is 3.58. The van der Waals surface area contributed by atoms with Gasteiger partial charge in [-0.1, -0.05) is 0 Å². The van der Waals surface area contributed by atoms with Crippen molar-refractivity contribution >= 4 is 27.7 Å². The summed E-state index contributed by atoms with van der Waals surface area (Å²) >= 11 is 3.45. The van der Waals surface area contributed by atoms with E-state index in [0.29, 0.717) is 12.0 Å². The van der Waals surface area contributed by atoms with Gasteiger partial charge in [0.15, 0.2) is 0 Å². The van der Waals surface area contributed by atoms with Crippen LogP contribution in [0.5, 0.6) is 0 Å². The van der Waals surface area contributed by atoms with Crippen LogP contribution in [0.4, 0.5) is 11.8 Å². The van der Waals surface area contributed by atoms with E-state index >= 15 is 0 Å². The van der Waals surface area contributed by atoms with Crippen LogP contribution in [0.2, 0.25) is 0 Å². The zero-order chi connectivity index (χ0) is 12.4. The van der Waals surface area contributed by atoms with Gasteiger partial charge < -0.3 is 9.64 Å². The SMILES string of the molecule is CC1OCCC1N(C)c1nc(NN)ncc1Br. The van der Waals surface area contributed by atoms with E-state index < -0.39 is 0 Å². The Morgan fingerprint density at radius 1 is 1.65 bits per heavy atom. The number of nitrogens with two attached hydrogens (primary N) is 1. The molecule has 0 bridgehead atoms. The Kier molecular flexibility index (Phi) is 3.80. The number of anilines is 2. The van der Waals surface area contributed by atoms with Crippen molar-refractivity contribution in [2.24, 2.45) is 5.84 Å². The molecule has 7 heteroatoms. The molecule has 1 fully saturated rings. The van der Waals surface area contributed by atoms with Crippen LogP contribution in [0.15, 0.2) is 10.7 Å². The normalized spacial score (nSPS) is 23.8. The van der Waals surface area contributed by atoms with Crippen molar-refractivity contribution in [3.8, 4) is 0 Å². The molecule has 1 aromatic rings. The number of ether oxygens (including phenoxy) is 1. The standard InChI is InChI=1S/C10H16BrN5O/c1-6-8(3-4-17-6)16(2)9-7(11)5-13-10(14-9)15-12/h5-6,8H,3-4,12H2,1-2H3,(H,13,14,15). The molecule has 2 heterocycles. The molecule has 2 rings (SSSR count). The van der Waals surface area contributed by atoms with Crippen molar-refractivity contribution in [2.75, 3.05) is 24.0 Å². The van der Waals surface area contributed by atoms with E-state index in [0.717, 1.165) is 23.3 Å². The third kappa shape index (κ3) is 2.51. The van der Waals surface area contributed by atoms with E-state index in [2.05, 4.69) is 43.1 Å². The Morgan fingerprint density at radius 3 is 3.00 bits per heavy atom. The lowest BCUT2D eigenvalue weighted by molar-refractivity contribution is 0.118. The molecule has 6 nitrogen and oxygen atoms in total. The zero-order valence-electron chi connectivity index (χ0n) is 9.85. The minimum absolute atomic E-state index is 0.205. The largest absolute Gasteiger partial charge is 0.376 e. The van der Waals surface area contributed by atoms with Gasteiger partial charge in [0.25, 0.3) is 0 Å². The third-order valence-electron chi connectivity index (χ3n) is 3.02. The van der Waals surface area contributed by atoms with Gasteiger partial charge in [0.1, 0.15) is 5.82 Å². The molecule has 0 saturated carbocycles. The first-order valence-corrected chi connectivity index (χ1v) is 6.26. The molecule has 2 unspecified atom stereocenters. The Bertz CT molecular complexity index is 402. The van der Waals surface area contributed by atoms with E-state index in [4.69, 9.17) is 10.6 Å². The Balaban J connectivity index is 2.26. The van der Waals surface area contributed by atoms with Crippen LogP contribution in [0, 0.1) is 0 Å². The molecule has 0 aromatic carbocycles. The van der Waals surface area contributed by atoms with Crippen LogP contribution in [0.25, 0.3) is 0 Å². The van der Waals surface area contributed by atoms with Crippen LogP contribution in [-0.4, -0.2) is 35.8 Å². The molecule has 1 aliphatic heterocycles. The van der Waals surface area contributed by atoms with Gasteiger partial charge in [-0.05, 0) is 29.3 Å². The number of hydrogen-bond donors (Lipinski definition) is 2. The molecule has 0 amide bonds. The summed E-state index contributed by atoms with van der Waals surface area (Å²) < 4.78 is 6.41. The zero-order valence-corrected chi connectivity index (χ0v) is 11.4. The Hall–Kier alpha value is -0.920. The number of rotatable bonds is 3. The lowest BCUT2D eigenvalue weighted by Gasteiger charge is -2.28. The minimum Gasteiger partial charge on any atom is -0.376 e. The number of hydrogen-bond acceptors (Lipinski definition) is 6. The highest BCUT2D eigenvalue weighted by Gasteiger charge is 2.29. The molecule has 1 saturated heterocycles. The summed E-state index contributed by atoms with van der Waals surface area (Å²) in [4.78, 5) is 10.5. The maximum atomic E-state index is 5.56. The number of aromatic nitrogens is 2. The molecule has 2 atom stereocenters. The number of nitrogen functional groups attached to an aromatic ring is 1. The number of hydrazine groups is 1. The fourth-order valence-corrected chi connectivity index (χ4v) is 2.53. The van der Waals surface area contributed by atoms with Crippen molar-refractivity contribution in [1.82, 2.24) is 9.97 Å². The average molecular weight is 302 g/mol. The number of nitrogens with zero attached hydrogens (tertiary/aromatic N) is 3. The molecule has 94 valence electrons. The Morgan fingerprint density at radius 2 is 2.41 bits per heavy atom. The van der Waals surface area contributed by atoms with E-state index in [-0.39, 0.29) is 6.10 Å². The van der Waals surface area contributed by atoms with Gasteiger partial charge in [-0.25, -0.2) is 10.8 Å². The molecule has 0 spiro atoms. The second-order valence-corrected chi connectivity index (χ2v) is 4.91. The van der Waals surface area contributed by atoms with Gasteiger partial charge in [-0.2, -0.15) is 4.98 Å². The lowest BCUT2D eigenvalue weighted by atomic mass is 10.1. The number of nitrogens with one attached hydrogen (secondary N) is 1. The first kappa shape index (κ1) is 12.5. The van der Waals surface area contributed by atoms with Crippen LogP contribution < -0.4 is 16.2 Å². The summed E-state index contributed by atoms with van der Waals surface area (Å²) in [6.07, 6.45) is 2.89. The molecule has 1 aliphatic rings. The van der Waals surface area contributed by atoms with E-state index in [1.165, 1.54) is 0 Å². The molecule has 3 N–H and O–H groups in total. The highest BCUT2D eigenvalue weighted by Crippen LogP contribution is 2.28. The van der Waals surface area contributed by atoms with Gasteiger partial charge in [-0.15, -0.1) is 0 Å². The van der Waals surface area contributed by atoms with Crippen LogP contribution in [0.3, 0.4) is 0 Å². The van der Waals surface area contributed by atoms with E-state index in [1.807, 2.05) is 7.05 Å². The molecule has 1 aromatic heterocycles. The van der Waals surface area contributed by atoms with Crippen LogP contribution >= 0.6 is 15.9 Å². The number of likely N-dealkylation sites (N-methyl/N-ethyl adjacent to an activating group) is 1. The van der Waals surface area contributed by atoms with Crippen LogP contribution in [-0.2, 0) is 4.74 Å². The topological polar surface area (TPSA) is 76.3 Å². The fourth-order valence-electron chi connectivity index (χ4n) is 2.06. The van der Waals surface area contributed by atoms with E-state index in [9.17, 15) is 0 Å². The summed E-state index contributed by atoms with van der Waals surface area (Å²) in [5, 5.41) is 0. The summed E-state index contributed by atoms with van der Waals surface area (Å²) in [6.45, 7) is 2.87. The monoisotopic (exact) mass is 301 g/mol. The quantitative estimate of drug-likeness (QED) is 0.644. The van der Waals surface area contributed by atoms with Crippen molar-refractivity contribution in [1.29, 1.82) is 0 Å². The molecule has 0 radical (unpaired) electrons. The molecule has 17 heavy (non-hydrogen) atoms. The Labute approximate surface area is 109 Å². The first-order chi connectivity index (χ1) is 8.13. The van der Waals surface area contributed by atoms with Crippen molar-refractivity contribution in [3.05, 3.63) is 10.7 Å². The van der Waals surface area contributed by atoms with E-state index in [1.54, 1.807) is 6.20 Å². The molecule has 0 aliphatic carbocycles. The predicted molar refractivity (Wildman–Crippen MR) is 69.8 cm³/mol. The molecular formula is C10H16BrN5O. The highest BCUT2D eigenvalue weighted by molar-refractivity contribution is 9.10. The van der Waals surface area contributed by atoms with Gasteiger partial charge in [0, 0.05) is 19.9 Å². The maximum absolute atomic E-state index is 5.56. The average Bonchev–Trinajstić information content (AvgIpc) is 2.75. The van der Waals surface area contributed by atoms with Gasteiger partial charge >= 0.3 is 0 Å². The van der Waals surface area contributed by atoms with Gasteiger partial charge in [0.05, 0.1) is 16.6 Å². The summed E-state index contributed by atoms with van der Waals surface area (Å²) in [5.74, 6) is 6.54. The summed E-state index contributed by atoms with van der Waals surface area (Å²) in [7, 11) is 2.00. The summed E-state index contributed by atoms with van der Waals surface area (Å²) in [5.41, 5.74) is 2.45. The van der Waals surface area contributed by atoms with Gasteiger partial charge in [-0.3, -0.25) is 5.43 Å².